The van der Waals surface area contributed by atoms with E-state index in [2.05, 4.69) is 16.0 Å². The van der Waals surface area contributed by atoms with Crippen LogP contribution < -0.4 is 16.0 Å². The highest BCUT2D eigenvalue weighted by Crippen LogP contribution is 2.35. The monoisotopic (exact) mass is 530 g/mol. The average Bonchev–Trinajstić information content (AvgIpc) is 3.55. The van der Waals surface area contributed by atoms with Crippen LogP contribution in [0.25, 0.3) is 0 Å². The zero-order valence-corrected chi connectivity index (χ0v) is 22.5. The van der Waals surface area contributed by atoms with Gasteiger partial charge in [-0.25, -0.2) is 13.6 Å². The molecule has 3 atom stereocenters. The third-order valence-corrected chi connectivity index (χ3v) is 6.76. The van der Waals surface area contributed by atoms with Crippen LogP contribution in [-0.2, 0) is 19.2 Å². The molecule has 37 heavy (non-hydrogen) atoms. The van der Waals surface area contributed by atoms with E-state index in [0.717, 1.165) is 12.8 Å². The highest BCUT2D eigenvalue weighted by atomic mass is 19.3. The lowest BCUT2D eigenvalue weighted by molar-refractivity contribution is -0.149. The van der Waals surface area contributed by atoms with Crippen LogP contribution in [0.2, 0.25) is 0 Å². The predicted molar refractivity (Wildman–Crippen MR) is 131 cm³/mol. The number of hydrogen-bond donors (Lipinski definition) is 4. The van der Waals surface area contributed by atoms with Crippen molar-refractivity contribution in [2.24, 2.45) is 10.8 Å². The van der Waals surface area contributed by atoms with Crippen molar-refractivity contribution in [3.05, 3.63) is 0 Å². The van der Waals surface area contributed by atoms with Gasteiger partial charge in [-0.2, -0.15) is 0 Å². The number of carboxylic acid groups (broad SMARTS) is 1. The Morgan fingerprint density at radius 3 is 2.14 bits per heavy atom. The van der Waals surface area contributed by atoms with Gasteiger partial charge in [-0.3, -0.25) is 19.2 Å². The Morgan fingerprint density at radius 1 is 1.05 bits per heavy atom. The van der Waals surface area contributed by atoms with Crippen LogP contribution in [0, 0.1) is 10.8 Å². The lowest BCUT2D eigenvalue weighted by Crippen LogP contribution is -2.63. The lowest BCUT2D eigenvalue weighted by Gasteiger charge is -2.45. The molecule has 12 heteroatoms. The fourth-order valence-electron chi connectivity index (χ4n) is 4.33. The minimum absolute atomic E-state index is 0.135. The fourth-order valence-corrected chi connectivity index (χ4v) is 4.33. The largest absolute Gasteiger partial charge is 0.465 e. The first-order chi connectivity index (χ1) is 16.8. The third-order valence-electron chi connectivity index (χ3n) is 6.76. The van der Waals surface area contributed by atoms with E-state index in [1.807, 2.05) is 13.8 Å². The molecule has 0 aromatic rings. The topological polar surface area (TPSA) is 145 Å². The molecule has 2 fully saturated rings. The van der Waals surface area contributed by atoms with E-state index >= 15 is 0 Å². The van der Waals surface area contributed by atoms with Crippen LogP contribution >= 0.6 is 0 Å². The van der Waals surface area contributed by atoms with Crippen molar-refractivity contribution in [2.45, 2.75) is 110 Å². The van der Waals surface area contributed by atoms with Crippen molar-refractivity contribution in [3.8, 4) is 0 Å². The number of nitrogens with one attached hydrogen (secondary N) is 3. The first-order valence-electron chi connectivity index (χ1n) is 12.6. The van der Waals surface area contributed by atoms with Crippen LogP contribution in [0.15, 0.2) is 0 Å². The van der Waals surface area contributed by atoms with Gasteiger partial charge in [-0.05, 0) is 49.9 Å². The molecule has 1 saturated carbocycles. The second kappa shape index (κ2) is 11.3. The summed E-state index contributed by atoms with van der Waals surface area (Å²) in [7, 11) is 0. The van der Waals surface area contributed by atoms with Crippen molar-refractivity contribution < 1.29 is 37.9 Å². The molecule has 2 unspecified atom stereocenters. The highest BCUT2D eigenvalue weighted by Gasteiger charge is 2.45. The fraction of sp³-hybridized carbons (Fsp3) is 0.800. The molecular formula is C25H40F2N4O6. The molecule has 10 nitrogen and oxygen atoms in total. The standard InChI is InChI=1S/C25H40F2N4O6/c1-23(2,3)18(30-22(36)37)21(35)31-12-11-24(4,5)13-16(31)19(33)29-15(9-10-25(6,26)27)17(32)20(34)28-14-7-8-14/h14-16,18,30H,7-13H2,1-6H3,(H,28,34)(H,29,33)(H,36,37)/t15?,16?,18-/m1/s1. The summed E-state index contributed by atoms with van der Waals surface area (Å²) in [5, 5.41) is 16.5. The van der Waals surface area contributed by atoms with Gasteiger partial charge in [0, 0.05) is 19.0 Å². The quantitative estimate of drug-likeness (QED) is 0.319. The summed E-state index contributed by atoms with van der Waals surface area (Å²) < 4.78 is 27.2. The van der Waals surface area contributed by atoms with E-state index < -0.39 is 71.9 Å². The van der Waals surface area contributed by atoms with Crippen LogP contribution in [0.3, 0.4) is 0 Å². The number of Topliss-reactive ketones (excluding diaryl/α,β-unsaturated/α-hetero) is 1. The number of halogens is 2. The zero-order chi connectivity index (χ0) is 28.3. The Kier molecular flexibility index (Phi) is 9.30. The molecule has 0 radical (unpaired) electrons. The van der Waals surface area contributed by atoms with E-state index in [9.17, 15) is 37.9 Å². The summed E-state index contributed by atoms with van der Waals surface area (Å²) in [6.07, 6.45) is -0.393. The summed E-state index contributed by atoms with van der Waals surface area (Å²) in [4.78, 5) is 64.8. The van der Waals surface area contributed by atoms with Gasteiger partial charge in [0.15, 0.2) is 0 Å². The Balaban J connectivity index is 2.30. The highest BCUT2D eigenvalue weighted by molar-refractivity contribution is 6.38. The smallest absolute Gasteiger partial charge is 0.405 e. The third kappa shape index (κ3) is 9.23. The first-order valence-corrected chi connectivity index (χ1v) is 12.6. The molecular weight excluding hydrogens is 490 g/mol. The number of amides is 4. The Bertz CT molecular complexity index is 908. The van der Waals surface area contributed by atoms with Crippen molar-refractivity contribution in [2.75, 3.05) is 6.54 Å². The normalized spacial score (nSPS) is 21.4. The maximum absolute atomic E-state index is 13.6. The number of nitrogens with zero attached hydrogens (tertiary/aromatic N) is 1. The molecule has 4 N–H and O–H groups in total. The maximum Gasteiger partial charge on any atom is 0.405 e. The average molecular weight is 531 g/mol. The van der Waals surface area contributed by atoms with Crippen LogP contribution in [0.5, 0.6) is 0 Å². The van der Waals surface area contributed by atoms with Gasteiger partial charge in [-0.1, -0.05) is 34.6 Å². The molecule has 2 aliphatic rings. The minimum Gasteiger partial charge on any atom is -0.465 e. The van der Waals surface area contributed by atoms with Gasteiger partial charge in [0.05, 0.1) is 6.04 Å². The first kappa shape index (κ1) is 30.4. The van der Waals surface area contributed by atoms with E-state index in [1.54, 1.807) is 20.8 Å². The van der Waals surface area contributed by atoms with E-state index in [1.165, 1.54) is 4.90 Å². The van der Waals surface area contributed by atoms with Gasteiger partial charge in [-0.15, -0.1) is 0 Å². The van der Waals surface area contributed by atoms with Gasteiger partial charge in [0.25, 0.3) is 5.91 Å². The molecule has 1 aliphatic carbocycles. The Labute approximate surface area is 216 Å². The molecule has 1 aliphatic heterocycles. The van der Waals surface area contributed by atoms with Gasteiger partial charge < -0.3 is 26.0 Å². The van der Waals surface area contributed by atoms with Gasteiger partial charge in [0.2, 0.25) is 23.5 Å². The van der Waals surface area contributed by atoms with Gasteiger partial charge >= 0.3 is 6.09 Å². The summed E-state index contributed by atoms with van der Waals surface area (Å²) >= 11 is 0. The molecule has 2 rings (SSSR count). The molecule has 210 valence electrons. The summed E-state index contributed by atoms with van der Waals surface area (Å²) in [6, 6.07) is -3.86. The summed E-state index contributed by atoms with van der Waals surface area (Å²) in [5.41, 5.74) is -1.18. The van der Waals surface area contributed by atoms with E-state index in [0.29, 0.717) is 13.3 Å². The molecule has 0 aromatic carbocycles. The number of likely N-dealkylation sites (tertiary alicyclic amines) is 1. The Morgan fingerprint density at radius 2 is 1.65 bits per heavy atom. The number of carbonyl (C=O) groups is 5. The van der Waals surface area contributed by atoms with Crippen LogP contribution in [-0.4, -0.2) is 76.2 Å². The number of ketones is 1. The second-order valence-electron chi connectivity index (χ2n) is 12.2. The second-order valence-corrected chi connectivity index (χ2v) is 12.2. The van der Waals surface area contributed by atoms with Crippen LogP contribution in [0.1, 0.15) is 80.1 Å². The van der Waals surface area contributed by atoms with Crippen molar-refractivity contribution in [3.63, 3.8) is 0 Å². The molecule has 1 saturated heterocycles. The molecule has 0 bridgehead atoms. The van der Waals surface area contributed by atoms with Crippen molar-refractivity contribution >= 4 is 29.6 Å². The number of piperidine rings is 1. The lowest BCUT2D eigenvalue weighted by atomic mass is 9.77. The molecule has 0 spiro atoms. The predicted octanol–water partition coefficient (Wildman–Crippen LogP) is 2.45. The van der Waals surface area contributed by atoms with Crippen molar-refractivity contribution in [1.82, 2.24) is 20.9 Å². The zero-order valence-electron chi connectivity index (χ0n) is 22.5. The Hall–Kier alpha value is -2.79. The maximum atomic E-state index is 13.6. The van der Waals surface area contributed by atoms with Crippen molar-refractivity contribution in [1.29, 1.82) is 0 Å². The van der Waals surface area contributed by atoms with E-state index in [4.69, 9.17) is 0 Å². The number of alkyl halides is 2. The minimum atomic E-state index is -3.12. The summed E-state index contributed by atoms with van der Waals surface area (Å²) in [6.45, 7) is 9.73. The molecule has 0 aromatic heterocycles. The molecule has 1 heterocycles. The molecule has 4 amide bonds. The number of rotatable bonds is 10. The van der Waals surface area contributed by atoms with E-state index in [-0.39, 0.29) is 24.4 Å². The van der Waals surface area contributed by atoms with Crippen LogP contribution in [0.4, 0.5) is 13.6 Å². The SMILES string of the molecule is CC(F)(F)CCC(NC(=O)C1CC(C)(C)CCN1C(=O)[C@@H](NC(=O)O)C(C)(C)C)C(=O)C(=O)NC1CC1. The summed E-state index contributed by atoms with van der Waals surface area (Å²) in [5.74, 6) is -6.42. The van der Waals surface area contributed by atoms with Gasteiger partial charge in [0.1, 0.15) is 12.1 Å². The number of hydrogen-bond acceptors (Lipinski definition) is 5. The number of carbonyl (C=O) groups excluding carboxylic acids is 4.